The molecule has 0 saturated carbocycles. The van der Waals surface area contributed by atoms with E-state index in [1.807, 2.05) is 0 Å². The molecule has 0 atom stereocenters. The lowest BCUT2D eigenvalue weighted by Gasteiger charge is -2.05. The molecule has 2 nitrogen and oxygen atoms in total. The fraction of sp³-hybridized carbons (Fsp3) is 0.600. The van der Waals surface area contributed by atoms with Crippen LogP contribution >= 0.6 is 11.6 Å². The largest absolute Gasteiger partial charge is 0.224 e. The van der Waals surface area contributed by atoms with E-state index in [4.69, 9.17) is 11.6 Å². The third-order valence-electron chi connectivity index (χ3n) is 3.19. The molecule has 0 aliphatic carbocycles. The highest BCUT2D eigenvalue weighted by molar-refractivity contribution is 7.91. The van der Waals surface area contributed by atoms with E-state index in [1.165, 1.54) is 25.7 Å². The summed E-state index contributed by atoms with van der Waals surface area (Å²) in [6, 6.07) is 6.41. The second kappa shape index (κ2) is 8.60. The van der Waals surface area contributed by atoms with Crippen LogP contribution in [0.1, 0.15) is 51.9 Å². The minimum Gasteiger partial charge on any atom is -0.224 e. The topological polar surface area (TPSA) is 34.1 Å². The molecule has 108 valence electrons. The van der Waals surface area contributed by atoms with Crippen molar-refractivity contribution >= 4 is 21.4 Å². The van der Waals surface area contributed by atoms with Crippen LogP contribution in [-0.4, -0.2) is 14.2 Å². The Kier molecular flexibility index (Phi) is 7.47. The van der Waals surface area contributed by atoms with E-state index in [1.54, 1.807) is 24.3 Å². The van der Waals surface area contributed by atoms with E-state index in [0.717, 1.165) is 19.3 Å². The molecule has 0 radical (unpaired) electrons. The number of rotatable bonds is 9. The van der Waals surface area contributed by atoms with Crippen LogP contribution in [0.4, 0.5) is 0 Å². The van der Waals surface area contributed by atoms with Gasteiger partial charge in [0, 0.05) is 5.02 Å². The lowest BCUT2D eigenvalue weighted by Crippen LogP contribution is -2.06. The summed E-state index contributed by atoms with van der Waals surface area (Å²) < 4.78 is 24.1. The van der Waals surface area contributed by atoms with Gasteiger partial charge in [0.25, 0.3) is 0 Å². The first kappa shape index (κ1) is 16.5. The van der Waals surface area contributed by atoms with E-state index >= 15 is 0 Å². The third kappa shape index (κ3) is 6.44. The summed E-state index contributed by atoms with van der Waals surface area (Å²) in [7, 11) is -3.13. The molecule has 0 bridgehead atoms. The van der Waals surface area contributed by atoms with Gasteiger partial charge in [0.1, 0.15) is 0 Å². The molecule has 19 heavy (non-hydrogen) atoms. The number of sulfone groups is 1. The van der Waals surface area contributed by atoms with Gasteiger partial charge in [-0.15, -0.1) is 0 Å². The summed E-state index contributed by atoms with van der Waals surface area (Å²) in [5, 5.41) is 0.565. The molecule has 0 aromatic heterocycles. The molecular weight excluding hydrogens is 280 g/mol. The number of unbranched alkanes of at least 4 members (excludes halogenated alkanes) is 6. The lowest BCUT2D eigenvalue weighted by molar-refractivity contribution is 0.579. The van der Waals surface area contributed by atoms with Gasteiger partial charge >= 0.3 is 0 Å². The second-order valence-corrected chi connectivity index (χ2v) is 7.44. The van der Waals surface area contributed by atoms with Crippen molar-refractivity contribution < 1.29 is 8.42 Å². The first-order valence-electron chi connectivity index (χ1n) is 7.04. The van der Waals surface area contributed by atoms with Crippen LogP contribution in [0.15, 0.2) is 29.2 Å². The highest BCUT2D eigenvalue weighted by Crippen LogP contribution is 2.17. The van der Waals surface area contributed by atoms with Gasteiger partial charge in [-0.25, -0.2) is 8.42 Å². The van der Waals surface area contributed by atoms with Crippen LogP contribution in [0.2, 0.25) is 5.02 Å². The number of halogens is 1. The second-order valence-electron chi connectivity index (χ2n) is 4.89. The zero-order valence-electron chi connectivity index (χ0n) is 11.6. The van der Waals surface area contributed by atoms with Crippen molar-refractivity contribution in [3.63, 3.8) is 0 Å². The SMILES string of the molecule is CCCCCCCCCS(=O)(=O)c1ccc(Cl)cc1. The Hall–Kier alpha value is -0.540. The van der Waals surface area contributed by atoms with Gasteiger partial charge in [-0.2, -0.15) is 0 Å². The van der Waals surface area contributed by atoms with E-state index < -0.39 is 9.84 Å². The van der Waals surface area contributed by atoms with E-state index in [-0.39, 0.29) is 5.75 Å². The van der Waals surface area contributed by atoms with E-state index in [0.29, 0.717) is 9.92 Å². The quantitative estimate of drug-likeness (QED) is 0.610. The van der Waals surface area contributed by atoms with Crippen molar-refractivity contribution in [3.05, 3.63) is 29.3 Å². The van der Waals surface area contributed by atoms with Crippen molar-refractivity contribution in [1.29, 1.82) is 0 Å². The van der Waals surface area contributed by atoms with Gasteiger partial charge in [-0.1, -0.05) is 57.0 Å². The summed E-state index contributed by atoms with van der Waals surface area (Å²) in [4.78, 5) is 0.378. The Morgan fingerprint density at radius 3 is 2.00 bits per heavy atom. The average Bonchev–Trinajstić information content (AvgIpc) is 2.38. The molecule has 1 rings (SSSR count). The zero-order chi connectivity index (χ0) is 14.1. The molecule has 0 spiro atoms. The van der Waals surface area contributed by atoms with E-state index in [2.05, 4.69) is 6.92 Å². The van der Waals surface area contributed by atoms with Crippen molar-refractivity contribution in [3.8, 4) is 0 Å². The van der Waals surface area contributed by atoms with Crippen LogP contribution in [0.5, 0.6) is 0 Å². The van der Waals surface area contributed by atoms with E-state index in [9.17, 15) is 8.42 Å². The number of hydrogen-bond donors (Lipinski definition) is 0. The molecule has 1 aromatic rings. The van der Waals surface area contributed by atoms with Gasteiger partial charge in [0.2, 0.25) is 0 Å². The fourth-order valence-electron chi connectivity index (χ4n) is 2.01. The van der Waals surface area contributed by atoms with Crippen molar-refractivity contribution in [2.75, 3.05) is 5.75 Å². The minimum absolute atomic E-state index is 0.239. The Balaban J connectivity index is 2.29. The minimum atomic E-state index is -3.13. The Bertz CT molecular complexity index is 452. The van der Waals surface area contributed by atoms with Crippen LogP contribution < -0.4 is 0 Å². The lowest BCUT2D eigenvalue weighted by atomic mass is 10.1. The molecule has 0 amide bonds. The first-order chi connectivity index (χ1) is 9.06. The monoisotopic (exact) mass is 302 g/mol. The summed E-state index contributed by atoms with van der Waals surface area (Å²) in [6.07, 6.45) is 7.88. The van der Waals surface area contributed by atoms with Gasteiger partial charge in [-0.3, -0.25) is 0 Å². The van der Waals surface area contributed by atoms with Gasteiger partial charge in [-0.05, 0) is 30.7 Å². The van der Waals surface area contributed by atoms with Gasteiger partial charge in [0.05, 0.1) is 10.6 Å². The Morgan fingerprint density at radius 1 is 0.895 bits per heavy atom. The molecule has 0 aliphatic heterocycles. The van der Waals surface area contributed by atoms with Crippen molar-refractivity contribution in [2.24, 2.45) is 0 Å². The predicted octanol–water partition coefficient (Wildman–Crippen LogP) is 4.86. The molecule has 1 aromatic carbocycles. The van der Waals surface area contributed by atoms with Gasteiger partial charge in [0.15, 0.2) is 9.84 Å². The maximum Gasteiger partial charge on any atom is 0.178 e. The Morgan fingerprint density at radius 2 is 1.42 bits per heavy atom. The fourth-order valence-corrected chi connectivity index (χ4v) is 3.51. The molecule has 0 saturated heterocycles. The summed E-state index contributed by atoms with van der Waals surface area (Å²) in [5.74, 6) is 0.239. The molecule has 0 N–H and O–H groups in total. The van der Waals surface area contributed by atoms with Crippen LogP contribution in [0, 0.1) is 0 Å². The molecule has 0 heterocycles. The van der Waals surface area contributed by atoms with Crippen LogP contribution in [-0.2, 0) is 9.84 Å². The number of benzene rings is 1. The molecule has 4 heteroatoms. The zero-order valence-corrected chi connectivity index (χ0v) is 13.1. The Labute approximate surface area is 122 Å². The van der Waals surface area contributed by atoms with Crippen LogP contribution in [0.25, 0.3) is 0 Å². The summed E-state index contributed by atoms with van der Waals surface area (Å²) in [6.45, 7) is 2.19. The molecule has 0 fully saturated rings. The highest BCUT2D eigenvalue weighted by Gasteiger charge is 2.13. The average molecular weight is 303 g/mol. The predicted molar refractivity (Wildman–Crippen MR) is 81.5 cm³/mol. The standard InChI is InChI=1S/C15H23ClO2S/c1-2-3-4-5-6-7-8-13-19(17,18)15-11-9-14(16)10-12-15/h9-12H,2-8,13H2,1H3. The highest BCUT2D eigenvalue weighted by atomic mass is 35.5. The first-order valence-corrected chi connectivity index (χ1v) is 9.07. The molecule has 0 aliphatic rings. The van der Waals surface area contributed by atoms with Crippen molar-refractivity contribution in [2.45, 2.75) is 56.8 Å². The van der Waals surface area contributed by atoms with Crippen LogP contribution in [0.3, 0.4) is 0 Å². The summed E-state index contributed by atoms with van der Waals surface area (Å²) in [5.41, 5.74) is 0. The summed E-state index contributed by atoms with van der Waals surface area (Å²) >= 11 is 5.75. The third-order valence-corrected chi connectivity index (χ3v) is 5.26. The van der Waals surface area contributed by atoms with Gasteiger partial charge < -0.3 is 0 Å². The molecular formula is C15H23ClO2S. The van der Waals surface area contributed by atoms with Crippen molar-refractivity contribution in [1.82, 2.24) is 0 Å². The normalized spacial score (nSPS) is 11.7. The maximum atomic E-state index is 12.0. The molecule has 0 unspecified atom stereocenters. The maximum absolute atomic E-state index is 12.0. The number of hydrogen-bond acceptors (Lipinski definition) is 2. The smallest absolute Gasteiger partial charge is 0.178 e.